The van der Waals surface area contributed by atoms with E-state index in [-0.39, 0.29) is 17.7 Å². The molecule has 0 aliphatic heterocycles. The van der Waals surface area contributed by atoms with Crippen LogP contribution in [0, 0.1) is 23.6 Å². The number of ether oxygens (including phenoxy) is 1. The van der Waals surface area contributed by atoms with Crippen molar-refractivity contribution < 1.29 is 13.9 Å². The third kappa shape index (κ3) is 2.09. The minimum atomic E-state index is -0.697. The fraction of sp³-hybridized carbons (Fsp3) is 0.450. The Morgan fingerprint density at radius 1 is 1.35 bits per heavy atom. The maximum Gasteiger partial charge on any atom is 0.334 e. The lowest BCUT2D eigenvalue weighted by Gasteiger charge is -2.39. The van der Waals surface area contributed by atoms with Gasteiger partial charge in [-0.1, -0.05) is 30.9 Å². The van der Waals surface area contributed by atoms with Crippen LogP contribution in [-0.4, -0.2) is 5.97 Å². The third-order valence-electron chi connectivity index (χ3n) is 5.82. The van der Waals surface area contributed by atoms with Gasteiger partial charge in [0.1, 0.15) is 11.4 Å². The number of allylic oxidation sites excluding steroid dienone is 2. The second-order valence-corrected chi connectivity index (χ2v) is 7.21. The third-order valence-corrected chi connectivity index (χ3v) is 5.82. The predicted molar refractivity (Wildman–Crippen MR) is 86.1 cm³/mol. The first-order valence-electron chi connectivity index (χ1n) is 8.36. The number of carbonyl (C=O) groups excluding carboxylic acids is 1. The van der Waals surface area contributed by atoms with Crippen molar-refractivity contribution in [2.24, 2.45) is 17.8 Å². The van der Waals surface area contributed by atoms with Crippen molar-refractivity contribution in [2.75, 3.05) is 0 Å². The summed E-state index contributed by atoms with van der Waals surface area (Å²) in [5.41, 5.74) is 1.29. The Hall–Kier alpha value is -1.90. The Kier molecular flexibility index (Phi) is 3.22. The molecule has 0 aromatic heterocycles. The molecule has 1 aromatic rings. The summed E-state index contributed by atoms with van der Waals surface area (Å²) < 4.78 is 20.3. The quantitative estimate of drug-likeness (QED) is 0.472. The Balaban J connectivity index is 1.81. The first kappa shape index (κ1) is 14.7. The number of hydrogen-bond acceptors (Lipinski definition) is 2. The van der Waals surface area contributed by atoms with Crippen LogP contribution in [0.15, 0.2) is 42.5 Å². The second-order valence-electron chi connectivity index (χ2n) is 7.21. The monoisotopic (exact) mass is 312 g/mol. The van der Waals surface area contributed by atoms with E-state index in [1.54, 1.807) is 13.0 Å². The van der Waals surface area contributed by atoms with Gasteiger partial charge in [-0.3, -0.25) is 0 Å². The molecule has 1 fully saturated rings. The van der Waals surface area contributed by atoms with E-state index < -0.39 is 5.60 Å². The van der Waals surface area contributed by atoms with Crippen LogP contribution in [0.25, 0.3) is 0 Å². The maximum atomic E-state index is 14.2. The molecule has 1 aromatic carbocycles. The molecule has 0 heterocycles. The van der Waals surface area contributed by atoms with Crippen LogP contribution in [0.3, 0.4) is 0 Å². The van der Waals surface area contributed by atoms with E-state index in [2.05, 4.69) is 18.7 Å². The van der Waals surface area contributed by atoms with Gasteiger partial charge in [0.25, 0.3) is 0 Å². The molecule has 4 atom stereocenters. The first-order chi connectivity index (χ1) is 11.0. The van der Waals surface area contributed by atoms with Gasteiger partial charge in [-0.25, -0.2) is 9.18 Å². The van der Waals surface area contributed by atoms with Crippen molar-refractivity contribution in [3.8, 4) is 0 Å². The van der Waals surface area contributed by atoms with Crippen molar-refractivity contribution >= 4 is 5.97 Å². The fourth-order valence-corrected chi connectivity index (χ4v) is 4.79. The van der Waals surface area contributed by atoms with Crippen molar-refractivity contribution in [2.45, 2.75) is 38.2 Å². The number of fused-ring (bicyclic) bond motifs is 3. The molecular weight excluding hydrogens is 291 g/mol. The van der Waals surface area contributed by atoms with Gasteiger partial charge in [0.15, 0.2) is 0 Å². The van der Waals surface area contributed by atoms with E-state index in [4.69, 9.17) is 4.74 Å². The number of hydrogen-bond donors (Lipinski definition) is 0. The Morgan fingerprint density at radius 2 is 2.17 bits per heavy atom. The van der Waals surface area contributed by atoms with Gasteiger partial charge in [-0.2, -0.15) is 0 Å². The summed E-state index contributed by atoms with van der Waals surface area (Å²) in [7, 11) is 0. The molecule has 4 rings (SSSR count). The van der Waals surface area contributed by atoms with Crippen molar-refractivity contribution in [3.63, 3.8) is 0 Å². The maximum absolute atomic E-state index is 14.2. The van der Waals surface area contributed by atoms with E-state index in [0.29, 0.717) is 35.8 Å². The molecule has 4 unspecified atom stereocenters. The van der Waals surface area contributed by atoms with E-state index in [0.717, 1.165) is 18.4 Å². The van der Waals surface area contributed by atoms with Crippen LogP contribution in [0.1, 0.15) is 37.3 Å². The molecule has 0 radical (unpaired) electrons. The van der Waals surface area contributed by atoms with Crippen molar-refractivity contribution in [1.29, 1.82) is 0 Å². The van der Waals surface area contributed by atoms with E-state index in [1.165, 1.54) is 6.07 Å². The van der Waals surface area contributed by atoms with Gasteiger partial charge in [0.2, 0.25) is 0 Å². The van der Waals surface area contributed by atoms with Crippen molar-refractivity contribution in [3.05, 3.63) is 59.4 Å². The van der Waals surface area contributed by atoms with Crippen LogP contribution < -0.4 is 0 Å². The number of rotatable bonds is 3. The largest absolute Gasteiger partial charge is 0.450 e. The normalized spacial score (nSPS) is 33.7. The van der Waals surface area contributed by atoms with Crippen molar-refractivity contribution in [1.82, 2.24) is 0 Å². The van der Waals surface area contributed by atoms with Gasteiger partial charge in [0.05, 0.1) is 0 Å². The molecule has 2 nitrogen and oxygen atoms in total. The lowest BCUT2D eigenvalue weighted by Crippen LogP contribution is -2.40. The smallest absolute Gasteiger partial charge is 0.334 e. The molecular formula is C20H21FO2. The highest BCUT2D eigenvalue weighted by Gasteiger charge is 2.55. The number of benzene rings is 1. The summed E-state index contributed by atoms with van der Waals surface area (Å²) in [4.78, 5) is 12.3. The van der Waals surface area contributed by atoms with E-state index in [9.17, 15) is 9.18 Å². The van der Waals surface area contributed by atoms with E-state index >= 15 is 0 Å². The minimum absolute atomic E-state index is 0.186. The second kappa shape index (κ2) is 5.05. The molecule has 0 N–H and O–H groups in total. The lowest BCUT2D eigenvalue weighted by atomic mass is 9.74. The van der Waals surface area contributed by atoms with Gasteiger partial charge < -0.3 is 4.74 Å². The molecule has 0 saturated heterocycles. The SMILES string of the molecule is C=C(C)C(=O)OC1(C2CC3C=CC2C3)CCc2c(F)cccc21. The fourth-order valence-electron chi connectivity index (χ4n) is 4.79. The minimum Gasteiger partial charge on any atom is -0.450 e. The topological polar surface area (TPSA) is 26.3 Å². The molecule has 3 heteroatoms. The zero-order valence-corrected chi connectivity index (χ0v) is 13.3. The summed E-state index contributed by atoms with van der Waals surface area (Å²) in [6.07, 6.45) is 7.97. The average molecular weight is 312 g/mol. The average Bonchev–Trinajstić information content (AvgIpc) is 3.22. The van der Waals surface area contributed by atoms with Gasteiger partial charge in [-0.05, 0) is 56.1 Å². The Morgan fingerprint density at radius 3 is 2.83 bits per heavy atom. The lowest BCUT2D eigenvalue weighted by molar-refractivity contribution is -0.164. The first-order valence-corrected chi connectivity index (χ1v) is 8.36. The van der Waals surface area contributed by atoms with Crippen LogP contribution in [0.2, 0.25) is 0 Å². The highest BCUT2D eigenvalue weighted by atomic mass is 19.1. The Bertz CT molecular complexity index is 720. The molecule has 120 valence electrons. The van der Waals surface area contributed by atoms with Gasteiger partial charge >= 0.3 is 5.97 Å². The number of halogens is 1. The van der Waals surface area contributed by atoms with Crippen LogP contribution >= 0.6 is 0 Å². The molecule has 3 aliphatic rings. The molecule has 0 amide bonds. The van der Waals surface area contributed by atoms with Crippen LogP contribution in [-0.2, 0) is 21.6 Å². The molecule has 0 spiro atoms. The molecule has 23 heavy (non-hydrogen) atoms. The zero-order valence-electron chi connectivity index (χ0n) is 13.3. The van der Waals surface area contributed by atoms with Crippen LogP contribution in [0.5, 0.6) is 0 Å². The summed E-state index contributed by atoms with van der Waals surface area (Å²) in [6, 6.07) is 5.16. The summed E-state index contributed by atoms with van der Waals surface area (Å²) >= 11 is 0. The number of carbonyl (C=O) groups is 1. The molecule has 2 bridgehead atoms. The summed E-state index contributed by atoms with van der Waals surface area (Å²) in [5.74, 6) is 0.683. The van der Waals surface area contributed by atoms with Gasteiger partial charge in [-0.15, -0.1) is 0 Å². The number of esters is 1. The Labute approximate surface area is 136 Å². The summed E-state index contributed by atoms with van der Waals surface area (Å²) in [6.45, 7) is 5.38. The molecule has 3 aliphatic carbocycles. The highest BCUT2D eigenvalue weighted by Crippen LogP contribution is 2.57. The standard InChI is InChI=1S/C20H21FO2/c1-12(2)19(22)23-20(17-11-13-6-7-14(17)10-13)9-8-15-16(20)4-3-5-18(15)21/h3-7,13-14,17H,1,8-11H2,2H3. The van der Waals surface area contributed by atoms with Crippen LogP contribution in [0.4, 0.5) is 4.39 Å². The molecule has 1 saturated carbocycles. The van der Waals surface area contributed by atoms with E-state index in [1.807, 2.05) is 6.07 Å². The highest BCUT2D eigenvalue weighted by molar-refractivity contribution is 5.87. The zero-order chi connectivity index (χ0) is 16.2. The summed E-state index contributed by atoms with van der Waals surface area (Å²) in [5, 5.41) is 0. The van der Waals surface area contributed by atoms with Gasteiger partial charge in [0, 0.05) is 17.1 Å². The predicted octanol–water partition coefficient (Wildman–Crippen LogP) is 4.30.